The van der Waals surface area contributed by atoms with Gasteiger partial charge in [0.05, 0.1) is 0 Å². The van der Waals surface area contributed by atoms with Crippen LogP contribution in [0.1, 0.15) is 16.1 Å². The predicted molar refractivity (Wildman–Crippen MR) is 59.8 cm³/mol. The first-order chi connectivity index (χ1) is 7.29. The monoisotopic (exact) mass is 197 g/mol. The van der Waals surface area contributed by atoms with Crippen molar-refractivity contribution in [2.75, 3.05) is 0 Å². The Morgan fingerprint density at radius 2 is 1.67 bits per heavy atom. The summed E-state index contributed by atoms with van der Waals surface area (Å²) in [5, 5.41) is 0. The van der Waals surface area contributed by atoms with E-state index in [2.05, 4.69) is 24.0 Å². The molecule has 0 aliphatic carbocycles. The number of aldehydes is 1. The minimum absolute atomic E-state index is 0.464. The van der Waals surface area contributed by atoms with E-state index in [1.807, 2.05) is 18.2 Å². The quantitative estimate of drug-likeness (QED) is 0.693. The molecule has 0 radical (unpaired) electrons. The van der Waals surface area contributed by atoms with E-state index in [1.165, 1.54) is 5.56 Å². The number of rotatable bonds is 2. The molecule has 0 amide bonds. The molecule has 0 aliphatic rings. The Kier molecular flexibility index (Phi) is 2.59. The third-order valence-corrected chi connectivity index (χ3v) is 2.29. The van der Waals surface area contributed by atoms with Crippen molar-refractivity contribution < 1.29 is 4.79 Å². The number of carbonyl (C=O) groups is 1. The molecule has 0 atom stereocenters. The molecule has 2 heteroatoms. The predicted octanol–water partition coefficient (Wildman–Crippen LogP) is 2.87. The van der Waals surface area contributed by atoms with Gasteiger partial charge in [-0.3, -0.25) is 9.78 Å². The van der Waals surface area contributed by atoms with Crippen molar-refractivity contribution in [1.29, 1.82) is 0 Å². The second-order valence-electron chi connectivity index (χ2n) is 3.46. The van der Waals surface area contributed by atoms with Gasteiger partial charge >= 0.3 is 0 Å². The van der Waals surface area contributed by atoms with Crippen molar-refractivity contribution in [3.63, 3.8) is 0 Å². The van der Waals surface area contributed by atoms with Gasteiger partial charge in [0.15, 0.2) is 6.29 Å². The standard InChI is InChI=1S/C13H11NO/c1-10-2-4-11(5-3-10)12-6-7-13(9-15)14-8-12/h2-9H,1H3. The van der Waals surface area contributed by atoms with Crippen molar-refractivity contribution in [2.24, 2.45) is 0 Å². The SMILES string of the molecule is Cc1ccc(-c2ccc(C=O)nc2)cc1. The molecular formula is C13H11NO. The molecule has 0 saturated carbocycles. The lowest BCUT2D eigenvalue weighted by molar-refractivity contribution is 0.111. The van der Waals surface area contributed by atoms with E-state index >= 15 is 0 Å². The zero-order chi connectivity index (χ0) is 10.7. The van der Waals surface area contributed by atoms with Crippen LogP contribution in [0.25, 0.3) is 11.1 Å². The molecule has 0 unspecified atom stereocenters. The van der Waals surface area contributed by atoms with Crippen LogP contribution in [-0.4, -0.2) is 11.3 Å². The van der Waals surface area contributed by atoms with Gasteiger partial charge in [0.2, 0.25) is 0 Å². The normalized spacial score (nSPS) is 9.93. The maximum Gasteiger partial charge on any atom is 0.168 e. The summed E-state index contributed by atoms with van der Waals surface area (Å²) in [5.74, 6) is 0. The first-order valence-electron chi connectivity index (χ1n) is 4.78. The molecule has 1 heterocycles. The van der Waals surface area contributed by atoms with E-state index in [0.717, 1.165) is 17.4 Å². The number of carbonyl (C=O) groups excluding carboxylic acids is 1. The van der Waals surface area contributed by atoms with E-state index in [9.17, 15) is 4.79 Å². The van der Waals surface area contributed by atoms with Crippen LogP contribution in [0.2, 0.25) is 0 Å². The van der Waals surface area contributed by atoms with Gasteiger partial charge in [-0.25, -0.2) is 0 Å². The lowest BCUT2D eigenvalue weighted by Crippen LogP contribution is -1.86. The molecule has 0 aliphatic heterocycles. The van der Waals surface area contributed by atoms with Gasteiger partial charge in [-0.05, 0) is 18.6 Å². The van der Waals surface area contributed by atoms with Gasteiger partial charge in [0.25, 0.3) is 0 Å². The van der Waals surface area contributed by atoms with Crippen LogP contribution in [0.5, 0.6) is 0 Å². The Morgan fingerprint density at radius 3 is 2.20 bits per heavy atom. The lowest BCUT2D eigenvalue weighted by Gasteiger charge is -2.01. The zero-order valence-corrected chi connectivity index (χ0v) is 8.47. The van der Waals surface area contributed by atoms with Crippen LogP contribution in [0.4, 0.5) is 0 Å². The molecule has 2 rings (SSSR count). The lowest BCUT2D eigenvalue weighted by atomic mass is 10.1. The van der Waals surface area contributed by atoms with E-state index in [1.54, 1.807) is 12.3 Å². The first kappa shape index (κ1) is 9.59. The maximum absolute atomic E-state index is 10.4. The molecule has 0 bridgehead atoms. The Labute approximate surface area is 88.6 Å². The summed E-state index contributed by atoms with van der Waals surface area (Å²) in [6.45, 7) is 2.05. The van der Waals surface area contributed by atoms with Crippen molar-refractivity contribution in [3.8, 4) is 11.1 Å². The minimum Gasteiger partial charge on any atom is -0.296 e. The summed E-state index contributed by atoms with van der Waals surface area (Å²) < 4.78 is 0. The number of nitrogens with zero attached hydrogens (tertiary/aromatic N) is 1. The highest BCUT2D eigenvalue weighted by molar-refractivity contribution is 5.73. The summed E-state index contributed by atoms with van der Waals surface area (Å²) in [6.07, 6.45) is 2.47. The fourth-order valence-corrected chi connectivity index (χ4v) is 1.39. The van der Waals surface area contributed by atoms with E-state index in [0.29, 0.717) is 5.69 Å². The molecule has 0 N–H and O–H groups in total. The largest absolute Gasteiger partial charge is 0.296 e. The van der Waals surface area contributed by atoms with Crippen LogP contribution in [-0.2, 0) is 0 Å². The fourth-order valence-electron chi connectivity index (χ4n) is 1.39. The van der Waals surface area contributed by atoms with Crippen LogP contribution < -0.4 is 0 Å². The van der Waals surface area contributed by atoms with Crippen molar-refractivity contribution in [2.45, 2.75) is 6.92 Å². The molecular weight excluding hydrogens is 186 g/mol. The van der Waals surface area contributed by atoms with Gasteiger partial charge < -0.3 is 0 Å². The van der Waals surface area contributed by atoms with Crippen molar-refractivity contribution in [3.05, 3.63) is 53.9 Å². The molecule has 0 spiro atoms. The van der Waals surface area contributed by atoms with Gasteiger partial charge in [0, 0.05) is 11.8 Å². The topological polar surface area (TPSA) is 30.0 Å². The van der Waals surface area contributed by atoms with E-state index in [-0.39, 0.29) is 0 Å². The molecule has 1 aromatic heterocycles. The number of benzene rings is 1. The van der Waals surface area contributed by atoms with Crippen LogP contribution >= 0.6 is 0 Å². The second kappa shape index (κ2) is 4.05. The number of pyridine rings is 1. The number of hydrogen-bond donors (Lipinski definition) is 0. The zero-order valence-electron chi connectivity index (χ0n) is 8.47. The van der Waals surface area contributed by atoms with Crippen molar-refractivity contribution in [1.82, 2.24) is 4.98 Å². The highest BCUT2D eigenvalue weighted by Crippen LogP contribution is 2.18. The number of aromatic nitrogens is 1. The molecule has 0 fully saturated rings. The molecule has 0 saturated heterocycles. The highest BCUT2D eigenvalue weighted by atomic mass is 16.1. The minimum atomic E-state index is 0.464. The maximum atomic E-state index is 10.4. The smallest absolute Gasteiger partial charge is 0.168 e. The Balaban J connectivity index is 2.37. The molecule has 1 aromatic carbocycles. The summed E-state index contributed by atoms with van der Waals surface area (Å²) in [7, 11) is 0. The van der Waals surface area contributed by atoms with Gasteiger partial charge in [-0.15, -0.1) is 0 Å². The summed E-state index contributed by atoms with van der Waals surface area (Å²) in [5.41, 5.74) is 3.84. The van der Waals surface area contributed by atoms with Gasteiger partial charge in [-0.1, -0.05) is 35.9 Å². The number of aryl methyl sites for hydroxylation is 1. The highest BCUT2D eigenvalue weighted by Gasteiger charge is 1.97. The second-order valence-corrected chi connectivity index (χ2v) is 3.46. The molecule has 74 valence electrons. The van der Waals surface area contributed by atoms with Crippen LogP contribution in [0, 0.1) is 6.92 Å². The summed E-state index contributed by atoms with van der Waals surface area (Å²) >= 11 is 0. The Bertz CT molecular complexity index is 457. The van der Waals surface area contributed by atoms with Crippen LogP contribution in [0.15, 0.2) is 42.6 Å². The molecule has 2 nitrogen and oxygen atoms in total. The third-order valence-electron chi connectivity index (χ3n) is 2.29. The van der Waals surface area contributed by atoms with Gasteiger partial charge in [-0.2, -0.15) is 0 Å². The molecule has 15 heavy (non-hydrogen) atoms. The third kappa shape index (κ3) is 2.10. The van der Waals surface area contributed by atoms with Crippen LogP contribution in [0.3, 0.4) is 0 Å². The van der Waals surface area contributed by atoms with Crippen molar-refractivity contribution >= 4 is 6.29 Å². The van der Waals surface area contributed by atoms with E-state index < -0.39 is 0 Å². The summed E-state index contributed by atoms with van der Waals surface area (Å²) in [4.78, 5) is 14.5. The molecule has 2 aromatic rings. The average Bonchev–Trinajstić information content (AvgIpc) is 2.30. The summed E-state index contributed by atoms with van der Waals surface area (Å²) in [6, 6.07) is 11.8. The Morgan fingerprint density at radius 1 is 1.00 bits per heavy atom. The first-order valence-corrected chi connectivity index (χ1v) is 4.78. The Hall–Kier alpha value is -1.96. The van der Waals surface area contributed by atoms with E-state index in [4.69, 9.17) is 0 Å². The average molecular weight is 197 g/mol. The fraction of sp³-hybridized carbons (Fsp3) is 0.0769. The number of hydrogen-bond acceptors (Lipinski definition) is 2. The van der Waals surface area contributed by atoms with Gasteiger partial charge in [0.1, 0.15) is 5.69 Å².